The number of aromatic nitrogens is 2. The summed E-state index contributed by atoms with van der Waals surface area (Å²) in [6.45, 7) is 3.22. The number of thioether (sulfide) groups is 1. The van der Waals surface area contributed by atoms with Crippen molar-refractivity contribution in [3.8, 4) is 0 Å². The second kappa shape index (κ2) is 6.47. The quantitative estimate of drug-likeness (QED) is 0.521. The Bertz CT molecular complexity index is 580. The standard InChI is InChI=1S/C14H17N3O2S/c1-10(19-11(2)18)17-9-16-7-13(17)8-20-14-5-3-12(15)4-6-14/h3-7,9-10H,8,15H2,1-2H3. The van der Waals surface area contributed by atoms with Crippen molar-refractivity contribution in [2.45, 2.75) is 30.7 Å². The summed E-state index contributed by atoms with van der Waals surface area (Å²) < 4.78 is 7.01. The normalized spacial score (nSPS) is 12.1. The molecule has 0 radical (unpaired) electrons. The highest BCUT2D eigenvalue weighted by Crippen LogP contribution is 2.24. The molecule has 0 aliphatic rings. The molecular weight excluding hydrogens is 274 g/mol. The Hall–Kier alpha value is -1.95. The van der Waals surface area contributed by atoms with Crippen LogP contribution in [0.2, 0.25) is 0 Å². The van der Waals surface area contributed by atoms with E-state index >= 15 is 0 Å². The molecule has 2 rings (SSSR count). The van der Waals surface area contributed by atoms with Crippen molar-refractivity contribution in [1.82, 2.24) is 9.55 Å². The van der Waals surface area contributed by atoms with E-state index in [1.165, 1.54) is 6.92 Å². The zero-order valence-corrected chi connectivity index (χ0v) is 12.3. The van der Waals surface area contributed by atoms with Crippen LogP contribution in [0.3, 0.4) is 0 Å². The van der Waals surface area contributed by atoms with Crippen LogP contribution in [-0.2, 0) is 15.3 Å². The van der Waals surface area contributed by atoms with Gasteiger partial charge in [0, 0.05) is 29.5 Å². The Labute approximate surface area is 122 Å². The maximum atomic E-state index is 11.0. The van der Waals surface area contributed by atoms with Gasteiger partial charge in [-0.25, -0.2) is 4.98 Å². The maximum Gasteiger partial charge on any atom is 0.304 e. The van der Waals surface area contributed by atoms with Crippen LogP contribution in [-0.4, -0.2) is 15.5 Å². The van der Waals surface area contributed by atoms with Crippen molar-refractivity contribution in [2.24, 2.45) is 0 Å². The molecule has 1 heterocycles. The number of carbonyl (C=O) groups excluding carboxylic acids is 1. The van der Waals surface area contributed by atoms with Gasteiger partial charge in [0.1, 0.15) is 0 Å². The molecule has 6 heteroatoms. The second-order valence-corrected chi connectivity index (χ2v) is 5.41. The third kappa shape index (κ3) is 3.77. The number of nitrogen functional groups attached to an aromatic ring is 1. The van der Waals surface area contributed by atoms with E-state index in [2.05, 4.69) is 4.98 Å². The van der Waals surface area contributed by atoms with E-state index in [1.54, 1.807) is 24.3 Å². The highest BCUT2D eigenvalue weighted by atomic mass is 32.2. The summed E-state index contributed by atoms with van der Waals surface area (Å²) in [5.74, 6) is 0.443. The lowest BCUT2D eigenvalue weighted by Crippen LogP contribution is -2.13. The van der Waals surface area contributed by atoms with E-state index in [1.807, 2.05) is 35.8 Å². The number of benzene rings is 1. The van der Waals surface area contributed by atoms with Crippen molar-refractivity contribution in [1.29, 1.82) is 0 Å². The SMILES string of the molecule is CC(=O)OC(C)n1cncc1CSc1ccc(N)cc1. The smallest absolute Gasteiger partial charge is 0.304 e. The molecule has 106 valence electrons. The van der Waals surface area contributed by atoms with Crippen LogP contribution in [0, 0.1) is 0 Å². The zero-order chi connectivity index (χ0) is 14.5. The highest BCUT2D eigenvalue weighted by molar-refractivity contribution is 7.98. The molecule has 2 N–H and O–H groups in total. The first-order chi connectivity index (χ1) is 9.56. The molecule has 1 aromatic carbocycles. The van der Waals surface area contributed by atoms with Gasteiger partial charge in [-0.05, 0) is 31.2 Å². The molecule has 0 fully saturated rings. The van der Waals surface area contributed by atoms with Crippen LogP contribution in [0.4, 0.5) is 5.69 Å². The van der Waals surface area contributed by atoms with Crippen LogP contribution in [0.1, 0.15) is 25.8 Å². The average molecular weight is 291 g/mol. The van der Waals surface area contributed by atoms with Crippen molar-refractivity contribution in [3.05, 3.63) is 42.5 Å². The van der Waals surface area contributed by atoms with Gasteiger partial charge in [0.25, 0.3) is 0 Å². The Morgan fingerprint density at radius 1 is 1.45 bits per heavy atom. The van der Waals surface area contributed by atoms with Crippen molar-refractivity contribution >= 4 is 23.4 Å². The van der Waals surface area contributed by atoms with Gasteiger partial charge in [-0.15, -0.1) is 11.8 Å². The Kier molecular flexibility index (Phi) is 4.68. The molecule has 1 unspecified atom stereocenters. The summed E-state index contributed by atoms with van der Waals surface area (Å²) in [6.07, 6.45) is 3.11. The molecule has 20 heavy (non-hydrogen) atoms. The lowest BCUT2D eigenvalue weighted by Gasteiger charge is -2.16. The van der Waals surface area contributed by atoms with Gasteiger partial charge in [-0.1, -0.05) is 0 Å². The Morgan fingerprint density at radius 2 is 2.15 bits per heavy atom. The average Bonchev–Trinajstić information content (AvgIpc) is 2.86. The number of anilines is 1. The van der Waals surface area contributed by atoms with Gasteiger partial charge >= 0.3 is 5.97 Å². The van der Waals surface area contributed by atoms with Crippen LogP contribution >= 0.6 is 11.8 Å². The van der Waals surface area contributed by atoms with Crippen molar-refractivity contribution < 1.29 is 9.53 Å². The fraction of sp³-hybridized carbons (Fsp3) is 0.286. The predicted octanol–water partition coefficient (Wildman–Crippen LogP) is 2.84. The Balaban J connectivity index is 2.01. The molecule has 0 bridgehead atoms. The molecule has 0 aliphatic heterocycles. The number of carbonyl (C=O) groups is 1. The van der Waals surface area contributed by atoms with E-state index in [4.69, 9.17) is 10.5 Å². The van der Waals surface area contributed by atoms with Crippen LogP contribution in [0.25, 0.3) is 0 Å². The van der Waals surface area contributed by atoms with E-state index in [0.29, 0.717) is 0 Å². The number of hydrogen-bond donors (Lipinski definition) is 1. The lowest BCUT2D eigenvalue weighted by molar-refractivity contribution is -0.149. The number of ether oxygens (including phenoxy) is 1. The summed E-state index contributed by atoms with van der Waals surface area (Å²) in [7, 11) is 0. The number of nitrogens with zero attached hydrogens (tertiary/aromatic N) is 2. The third-order valence-electron chi connectivity index (χ3n) is 2.74. The molecule has 2 aromatic rings. The molecular formula is C14H17N3O2S. The van der Waals surface area contributed by atoms with Crippen molar-refractivity contribution in [2.75, 3.05) is 5.73 Å². The van der Waals surface area contributed by atoms with E-state index in [-0.39, 0.29) is 12.2 Å². The van der Waals surface area contributed by atoms with Crippen LogP contribution in [0.15, 0.2) is 41.7 Å². The second-order valence-electron chi connectivity index (χ2n) is 4.36. The van der Waals surface area contributed by atoms with E-state index < -0.39 is 0 Å². The molecule has 1 atom stereocenters. The van der Waals surface area contributed by atoms with Crippen LogP contribution in [0.5, 0.6) is 0 Å². The summed E-state index contributed by atoms with van der Waals surface area (Å²) in [5.41, 5.74) is 7.41. The first-order valence-electron chi connectivity index (χ1n) is 6.22. The van der Waals surface area contributed by atoms with E-state index in [0.717, 1.165) is 22.0 Å². The summed E-state index contributed by atoms with van der Waals surface area (Å²) in [6, 6.07) is 7.72. The van der Waals surface area contributed by atoms with Gasteiger partial charge in [-0.3, -0.25) is 9.36 Å². The van der Waals surface area contributed by atoms with Crippen LogP contribution < -0.4 is 5.73 Å². The number of hydrogen-bond acceptors (Lipinski definition) is 5. The summed E-state index contributed by atoms with van der Waals surface area (Å²) >= 11 is 1.68. The zero-order valence-electron chi connectivity index (χ0n) is 11.4. The van der Waals surface area contributed by atoms with E-state index in [9.17, 15) is 4.79 Å². The minimum absolute atomic E-state index is 0.302. The number of nitrogens with two attached hydrogens (primary N) is 1. The minimum atomic E-state index is -0.350. The molecule has 0 aliphatic carbocycles. The Morgan fingerprint density at radius 3 is 2.80 bits per heavy atom. The maximum absolute atomic E-state index is 11.0. The fourth-order valence-corrected chi connectivity index (χ4v) is 2.66. The highest BCUT2D eigenvalue weighted by Gasteiger charge is 2.12. The first kappa shape index (κ1) is 14.5. The predicted molar refractivity (Wildman–Crippen MR) is 79.1 cm³/mol. The molecule has 0 amide bonds. The van der Waals surface area contributed by atoms with Gasteiger partial charge in [0.05, 0.1) is 12.0 Å². The third-order valence-corrected chi connectivity index (χ3v) is 3.79. The molecule has 0 spiro atoms. The van der Waals surface area contributed by atoms with Crippen molar-refractivity contribution in [3.63, 3.8) is 0 Å². The summed E-state index contributed by atoms with van der Waals surface area (Å²) in [4.78, 5) is 16.2. The van der Waals surface area contributed by atoms with Gasteiger partial charge in [-0.2, -0.15) is 0 Å². The fourth-order valence-electron chi connectivity index (χ4n) is 1.79. The van der Waals surface area contributed by atoms with Gasteiger partial charge < -0.3 is 10.5 Å². The van der Waals surface area contributed by atoms with Gasteiger partial charge in [0.2, 0.25) is 0 Å². The number of rotatable bonds is 5. The topological polar surface area (TPSA) is 70.1 Å². The molecule has 1 aromatic heterocycles. The molecule has 0 saturated carbocycles. The summed E-state index contributed by atoms with van der Waals surface area (Å²) in [5, 5.41) is 0. The lowest BCUT2D eigenvalue weighted by atomic mass is 10.3. The monoisotopic (exact) mass is 291 g/mol. The first-order valence-corrected chi connectivity index (χ1v) is 7.21. The molecule has 5 nitrogen and oxygen atoms in total. The molecule has 0 saturated heterocycles. The minimum Gasteiger partial charge on any atom is -0.442 e. The number of imidazole rings is 1. The number of esters is 1. The van der Waals surface area contributed by atoms with Gasteiger partial charge in [0.15, 0.2) is 6.23 Å². The largest absolute Gasteiger partial charge is 0.442 e.